The summed E-state index contributed by atoms with van der Waals surface area (Å²) in [6.45, 7) is 2.89. The monoisotopic (exact) mass is 228 g/mol. The van der Waals surface area contributed by atoms with Crippen molar-refractivity contribution in [3.05, 3.63) is 0 Å². The van der Waals surface area contributed by atoms with Crippen molar-refractivity contribution in [3.63, 3.8) is 0 Å². The van der Waals surface area contributed by atoms with Crippen LogP contribution in [0.1, 0.15) is 12.8 Å². The van der Waals surface area contributed by atoms with Gasteiger partial charge in [0, 0.05) is 13.2 Å². The number of hydrogen-bond donors (Lipinski definition) is 0. The van der Waals surface area contributed by atoms with E-state index in [0.717, 1.165) is 12.8 Å². The predicted octanol–water partition coefficient (Wildman–Crippen LogP) is 0.471. The van der Waals surface area contributed by atoms with E-state index in [9.17, 15) is 9.59 Å². The molecule has 0 heterocycles. The van der Waals surface area contributed by atoms with E-state index in [1.54, 1.807) is 0 Å². The zero-order valence-corrected chi connectivity index (χ0v) is 9.18. The molecule has 0 saturated carbocycles. The number of nitrogens with zero attached hydrogens (tertiary/aromatic N) is 2. The van der Waals surface area contributed by atoms with E-state index in [4.69, 9.17) is 9.47 Å². The standard InChI is InChI=1S/C10H16N2O4/c13-9-11-3-7-15-5-1-2-6-16-8-4-12-10-14/h1-8H2. The first-order valence-corrected chi connectivity index (χ1v) is 5.14. The highest BCUT2D eigenvalue weighted by Gasteiger charge is 1.91. The third-order valence-electron chi connectivity index (χ3n) is 1.65. The second-order valence-electron chi connectivity index (χ2n) is 2.88. The van der Waals surface area contributed by atoms with Gasteiger partial charge in [-0.25, -0.2) is 19.6 Å². The van der Waals surface area contributed by atoms with Gasteiger partial charge in [0.1, 0.15) is 0 Å². The largest absolute Gasteiger partial charge is 0.379 e. The van der Waals surface area contributed by atoms with Crippen LogP contribution in [0, 0.1) is 0 Å². The third-order valence-corrected chi connectivity index (χ3v) is 1.65. The summed E-state index contributed by atoms with van der Waals surface area (Å²) in [5.41, 5.74) is 0. The van der Waals surface area contributed by atoms with Crippen LogP contribution in [0.2, 0.25) is 0 Å². The van der Waals surface area contributed by atoms with Crippen molar-refractivity contribution >= 4 is 12.2 Å². The van der Waals surface area contributed by atoms with Gasteiger partial charge in [0.25, 0.3) is 0 Å². The highest BCUT2D eigenvalue weighted by Crippen LogP contribution is 1.91. The highest BCUT2D eigenvalue weighted by atomic mass is 16.5. The minimum Gasteiger partial charge on any atom is -0.379 e. The Bertz CT molecular complexity index is 219. The predicted molar refractivity (Wildman–Crippen MR) is 56.8 cm³/mol. The summed E-state index contributed by atoms with van der Waals surface area (Å²) in [6.07, 6.45) is 4.67. The first kappa shape index (κ1) is 14.7. The number of hydrogen-bond acceptors (Lipinski definition) is 6. The van der Waals surface area contributed by atoms with Crippen molar-refractivity contribution in [2.75, 3.05) is 39.5 Å². The van der Waals surface area contributed by atoms with Crippen molar-refractivity contribution < 1.29 is 19.1 Å². The van der Waals surface area contributed by atoms with E-state index < -0.39 is 0 Å². The summed E-state index contributed by atoms with van der Waals surface area (Å²) in [5.74, 6) is 0. The van der Waals surface area contributed by atoms with Gasteiger partial charge in [-0.2, -0.15) is 0 Å². The molecule has 0 fully saturated rings. The summed E-state index contributed by atoms with van der Waals surface area (Å²) < 4.78 is 10.4. The average Bonchev–Trinajstić information content (AvgIpc) is 2.31. The molecule has 0 N–H and O–H groups in total. The van der Waals surface area contributed by atoms with Crippen LogP contribution in [-0.4, -0.2) is 51.7 Å². The van der Waals surface area contributed by atoms with Crippen molar-refractivity contribution in [3.8, 4) is 0 Å². The molecule has 0 saturated heterocycles. The lowest BCUT2D eigenvalue weighted by Crippen LogP contribution is -2.03. The van der Waals surface area contributed by atoms with Crippen molar-refractivity contribution in [1.82, 2.24) is 0 Å². The molecule has 0 aliphatic carbocycles. The molecule has 0 aliphatic rings. The van der Waals surface area contributed by atoms with Crippen LogP contribution in [0.4, 0.5) is 0 Å². The van der Waals surface area contributed by atoms with Crippen LogP contribution >= 0.6 is 0 Å². The Kier molecular flexibility index (Phi) is 12.6. The number of ether oxygens (including phenoxy) is 2. The van der Waals surface area contributed by atoms with Crippen LogP contribution in [0.25, 0.3) is 0 Å². The van der Waals surface area contributed by atoms with Gasteiger partial charge in [-0.3, -0.25) is 0 Å². The number of unbranched alkanes of at least 4 members (excludes halogenated alkanes) is 1. The van der Waals surface area contributed by atoms with Gasteiger partial charge >= 0.3 is 0 Å². The SMILES string of the molecule is O=C=NCCOCCCCOCCN=C=O. The normalized spacial score (nSPS) is 9.25. The molecular weight excluding hydrogens is 212 g/mol. The minimum atomic E-state index is 0.365. The molecule has 6 heteroatoms. The molecule has 0 spiro atoms. The van der Waals surface area contributed by atoms with Crippen LogP contribution in [0.5, 0.6) is 0 Å². The molecule has 0 amide bonds. The number of carbonyl (C=O) groups excluding carboxylic acids is 2. The summed E-state index contributed by atoms with van der Waals surface area (Å²) in [6, 6.07) is 0. The fourth-order valence-corrected chi connectivity index (χ4v) is 0.924. The molecule has 16 heavy (non-hydrogen) atoms. The maximum atomic E-state index is 9.69. The van der Waals surface area contributed by atoms with Crippen LogP contribution in [0.15, 0.2) is 9.98 Å². The summed E-state index contributed by atoms with van der Waals surface area (Å²) >= 11 is 0. The Hall–Kier alpha value is -1.32. The van der Waals surface area contributed by atoms with E-state index in [1.165, 1.54) is 12.2 Å². The van der Waals surface area contributed by atoms with Gasteiger partial charge in [-0.1, -0.05) is 0 Å². The molecule has 0 aromatic heterocycles. The molecule has 0 atom stereocenters. The summed E-state index contributed by atoms with van der Waals surface area (Å²) in [4.78, 5) is 26.1. The zero-order chi connectivity index (χ0) is 11.9. The van der Waals surface area contributed by atoms with Gasteiger partial charge < -0.3 is 9.47 Å². The Morgan fingerprint density at radius 3 is 1.56 bits per heavy atom. The lowest BCUT2D eigenvalue weighted by Gasteiger charge is -2.02. The second-order valence-corrected chi connectivity index (χ2v) is 2.88. The summed E-state index contributed by atoms with van der Waals surface area (Å²) in [7, 11) is 0. The number of aliphatic imine (C=N–C) groups is 2. The van der Waals surface area contributed by atoms with Gasteiger partial charge in [0.2, 0.25) is 12.2 Å². The molecule has 0 aromatic rings. The van der Waals surface area contributed by atoms with Gasteiger partial charge in [0.05, 0.1) is 26.3 Å². The second kappa shape index (κ2) is 13.7. The first-order chi connectivity index (χ1) is 7.91. The fourth-order valence-electron chi connectivity index (χ4n) is 0.924. The average molecular weight is 228 g/mol. The third kappa shape index (κ3) is 12.7. The molecule has 6 nitrogen and oxygen atoms in total. The Morgan fingerprint density at radius 1 is 0.750 bits per heavy atom. The van der Waals surface area contributed by atoms with E-state index in [-0.39, 0.29) is 0 Å². The quantitative estimate of drug-likeness (QED) is 0.292. The van der Waals surface area contributed by atoms with Crippen molar-refractivity contribution in [2.45, 2.75) is 12.8 Å². The highest BCUT2D eigenvalue weighted by molar-refractivity contribution is 5.32. The lowest BCUT2D eigenvalue weighted by atomic mass is 10.3. The van der Waals surface area contributed by atoms with E-state index in [1.807, 2.05) is 0 Å². The molecule has 0 rings (SSSR count). The first-order valence-electron chi connectivity index (χ1n) is 5.14. The zero-order valence-electron chi connectivity index (χ0n) is 9.18. The Labute approximate surface area is 94.4 Å². The minimum absolute atomic E-state index is 0.365. The molecule has 0 radical (unpaired) electrons. The molecule has 0 aliphatic heterocycles. The van der Waals surface area contributed by atoms with E-state index in [2.05, 4.69) is 9.98 Å². The topological polar surface area (TPSA) is 77.3 Å². The molecule has 0 unspecified atom stereocenters. The van der Waals surface area contributed by atoms with E-state index >= 15 is 0 Å². The summed E-state index contributed by atoms with van der Waals surface area (Å²) in [5, 5.41) is 0. The Morgan fingerprint density at radius 2 is 1.19 bits per heavy atom. The van der Waals surface area contributed by atoms with Gasteiger partial charge in [-0.15, -0.1) is 0 Å². The number of isocyanates is 2. The molecule has 0 bridgehead atoms. The van der Waals surface area contributed by atoms with Crippen molar-refractivity contribution in [2.24, 2.45) is 9.98 Å². The van der Waals surface area contributed by atoms with Crippen LogP contribution in [0.3, 0.4) is 0 Å². The van der Waals surface area contributed by atoms with Gasteiger partial charge in [-0.05, 0) is 12.8 Å². The van der Waals surface area contributed by atoms with Crippen molar-refractivity contribution in [1.29, 1.82) is 0 Å². The molecule has 90 valence electrons. The van der Waals surface area contributed by atoms with Crippen LogP contribution in [-0.2, 0) is 19.1 Å². The smallest absolute Gasteiger partial charge is 0.235 e. The Balaban J connectivity index is 2.98. The maximum Gasteiger partial charge on any atom is 0.235 e. The van der Waals surface area contributed by atoms with Crippen LogP contribution < -0.4 is 0 Å². The maximum absolute atomic E-state index is 9.69. The lowest BCUT2D eigenvalue weighted by molar-refractivity contribution is 0.109. The molecular formula is C10H16N2O4. The number of rotatable bonds is 11. The van der Waals surface area contributed by atoms with E-state index in [0.29, 0.717) is 39.5 Å². The van der Waals surface area contributed by atoms with Gasteiger partial charge in [0.15, 0.2) is 0 Å². The fraction of sp³-hybridized carbons (Fsp3) is 0.800. The molecule has 0 aromatic carbocycles.